The molecule has 0 spiro atoms. The van der Waals surface area contributed by atoms with E-state index in [1.165, 1.54) is 24.3 Å². The van der Waals surface area contributed by atoms with Crippen LogP contribution in [0.4, 0.5) is 4.39 Å². The molecule has 0 fully saturated rings. The van der Waals surface area contributed by atoms with Crippen molar-refractivity contribution in [1.29, 1.82) is 0 Å². The number of hydrogen-bond acceptors (Lipinski definition) is 1. The van der Waals surface area contributed by atoms with Crippen molar-refractivity contribution in [2.45, 2.75) is 19.4 Å². The second-order valence-electron chi connectivity index (χ2n) is 3.36. The maximum absolute atomic E-state index is 12.6. The van der Waals surface area contributed by atoms with Crippen LogP contribution in [-0.2, 0) is 0 Å². The van der Waals surface area contributed by atoms with Gasteiger partial charge < -0.3 is 5.32 Å². The SMILES string of the molecule is CC(CCBr)NC(=O)c1ccc(F)cc1. The molecule has 0 saturated heterocycles. The van der Waals surface area contributed by atoms with Crippen LogP contribution in [0.3, 0.4) is 0 Å². The Bertz CT molecular complexity index is 326. The Labute approximate surface area is 97.0 Å². The molecule has 1 unspecified atom stereocenters. The minimum atomic E-state index is -0.333. The predicted octanol–water partition coefficient (Wildman–Crippen LogP) is 2.73. The van der Waals surface area contributed by atoms with Crippen LogP contribution in [0, 0.1) is 5.82 Å². The number of alkyl halides is 1. The first-order chi connectivity index (χ1) is 7.13. The Kier molecular flexibility index (Phi) is 4.75. The summed E-state index contributed by atoms with van der Waals surface area (Å²) < 4.78 is 12.6. The number of nitrogens with one attached hydrogen (secondary N) is 1. The van der Waals surface area contributed by atoms with Crippen molar-refractivity contribution in [1.82, 2.24) is 5.32 Å². The van der Waals surface area contributed by atoms with Crippen molar-refractivity contribution < 1.29 is 9.18 Å². The molecule has 0 heterocycles. The van der Waals surface area contributed by atoms with E-state index in [-0.39, 0.29) is 17.8 Å². The molecule has 1 aromatic rings. The van der Waals surface area contributed by atoms with Crippen molar-refractivity contribution in [2.75, 3.05) is 5.33 Å². The van der Waals surface area contributed by atoms with Gasteiger partial charge in [0.1, 0.15) is 5.82 Å². The minimum Gasteiger partial charge on any atom is -0.350 e. The second kappa shape index (κ2) is 5.85. The summed E-state index contributed by atoms with van der Waals surface area (Å²) in [6.07, 6.45) is 0.868. The molecule has 0 aliphatic rings. The Balaban J connectivity index is 2.57. The van der Waals surface area contributed by atoms with Crippen LogP contribution >= 0.6 is 15.9 Å². The fourth-order valence-electron chi connectivity index (χ4n) is 1.14. The molecule has 1 atom stereocenters. The lowest BCUT2D eigenvalue weighted by molar-refractivity contribution is 0.0939. The van der Waals surface area contributed by atoms with Gasteiger partial charge in [-0.15, -0.1) is 0 Å². The smallest absolute Gasteiger partial charge is 0.251 e. The Morgan fingerprint density at radius 1 is 1.47 bits per heavy atom. The van der Waals surface area contributed by atoms with Gasteiger partial charge in [0.15, 0.2) is 0 Å². The average Bonchev–Trinajstić information content (AvgIpc) is 2.18. The van der Waals surface area contributed by atoms with Gasteiger partial charge in [-0.05, 0) is 37.6 Å². The highest BCUT2D eigenvalue weighted by Gasteiger charge is 2.08. The van der Waals surface area contributed by atoms with Gasteiger partial charge in [0.2, 0.25) is 0 Å². The highest BCUT2D eigenvalue weighted by Crippen LogP contribution is 2.04. The second-order valence-corrected chi connectivity index (χ2v) is 4.15. The van der Waals surface area contributed by atoms with E-state index in [1.54, 1.807) is 0 Å². The summed E-state index contributed by atoms with van der Waals surface area (Å²) >= 11 is 3.30. The van der Waals surface area contributed by atoms with Crippen LogP contribution in [0.25, 0.3) is 0 Å². The first-order valence-electron chi connectivity index (χ1n) is 4.76. The highest BCUT2D eigenvalue weighted by atomic mass is 79.9. The number of carbonyl (C=O) groups is 1. The summed E-state index contributed by atoms with van der Waals surface area (Å²) in [7, 11) is 0. The molecule has 0 bridgehead atoms. The van der Waals surface area contributed by atoms with E-state index in [4.69, 9.17) is 0 Å². The summed E-state index contributed by atoms with van der Waals surface area (Å²) in [6.45, 7) is 1.93. The van der Waals surface area contributed by atoms with Gasteiger partial charge in [-0.25, -0.2) is 4.39 Å². The molecule has 4 heteroatoms. The molecule has 82 valence electrons. The monoisotopic (exact) mass is 273 g/mol. The zero-order chi connectivity index (χ0) is 11.3. The van der Waals surface area contributed by atoms with E-state index in [2.05, 4.69) is 21.2 Å². The lowest BCUT2D eigenvalue weighted by atomic mass is 10.2. The Hall–Kier alpha value is -0.900. The summed E-state index contributed by atoms with van der Waals surface area (Å²) in [5.74, 6) is -0.497. The molecule has 1 amide bonds. The normalized spacial score (nSPS) is 12.2. The zero-order valence-electron chi connectivity index (χ0n) is 8.47. The molecule has 1 aromatic carbocycles. The van der Waals surface area contributed by atoms with E-state index in [0.29, 0.717) is 5.56 Å². The first kappa shape index (κ1) is 12.2. The predicted molar refractivity (Wildman–Crippen MR) is 61.7 cm³/mol. The topological polar surface area (TPSA) is 29.1 Å². The van der Waals surface area contributed by atoms with Gasteiger partial charge in [-0.2, -0.15) is 0 Å². The number of amides is 1. The third kappa shape index (κ3) is 4.00. The van der Waals surface area contributed by atoms with Crippen LogP contribution in [0.1, 0.15) is 23.7 Å². The molecule has 15 heavy (non-hydrogen) atoms. The first-order valence-corrected chi connectivity index (χ1v) is 5.88. The molecule has 0 radical (unpaired) electrons. The highest BCUT2D eigenvalue weighted by molar-refractivity contribution is 9.09. The quantitative estimate of drug-likeness (QED) is 0.840. The summed E-state index contributed by atoms with van der Waals surface area (Å²) in [4.78, 5) is 11.6. The molecular weight excluding hydrogens is 261 g/mol. The number of rotatable bonds is 4. The van der Waals surface area contributed by atoms with Crippen molar-refractivity contribution in [3.63, 3.8) is 0 Å². The van der Waals surface area contributed by atoms with Gasteiger partial charge in [-0.3, -0.25) is 4.79 Å². The molecule has 1 rings (SSSR count). The average molecular weight is 274 g/mol. The van der Waals surface area contributed by atoms with E-state index in [9.17, 15) is 9.18 Å². The maximum atomic E-state index is 12.6. The molecule has 0 saturated carbocycles. The van der Waals surface area contributed by atoms with E-state index >= 15 is 0 Å². The summed E-state index contributed by atoms with van der Waals surface area (Å²) in [5, 5.41) is 3.67. The van der Waals surface area contributed by atoms with Gasteiger partial charge in [-0.1, -0.05) is 15.9 Å². The molecular formula is C11H13BrFNO. The molecule has 0 aliphatic carbocycles. The van der Waals surface area contributed by atoms with E-state index < -0.39 is 0 Å². The molecule has 2 nitrogen and oxygen atoms in total. The van der Waals surface area contributed by atoms with Gasteiger partial charge in [0.25, 0.3) is 5.91 Å². The van der Waals surface area contributed by atoms with Crippen molar-refractivity contribution in [3.05, 3.63) is 35.6 Å². The molecule has 1 N–H and O–H groups in total. The summed E-state index contributed by atoms with van der Waals surface area (Å²) in [6, 6.07) is 5.63. The van der Waals surface area contributed by atoms with Crippen molar-refractivity contribution in [3.8, 4) is 0 Å². The van der Waals surface area contributed by atoms with Crippen LogP contribution < -0.4 is 5.32 Å². The lowest BCUT2D eigenvalue weighted by Gasteiger charge is -2.12. The van der Waals surface area contributed by atoms with E-state index in [0.717, 1.165) is 11.8 Å². The summed E-state index contributed by atoms with van der Waals surface area (Å²) in [5.41, 5.74) is 0.484. The van der Waals surface area contributed by atoms with Crippen molar-refractivity contribution >= 4 is 21.8 Å². The van der Waals surface area contributed by atoms with Gasteiger partial charge in [0, 0.05) is 16.9 Å². The fourth-order valence-corrected chi connectivity index (χ4v) is 1.83. The van der Waals surface area contributed by atoms with Gasteiger partial charge >= 0.3 is 0 Å². The van der Waals surface area contributed by atoms with Crippen LogP contribution in [0.2, 0.25) is 0 Å². The fraction of sp³-hybridized carbons (Fsp3) is 0.364. The third-order valence-electron chi connectivity index (χ3n) is 2.03. The van der Waals surface area contributed by atoms with Crippen LogP contribution in [-0.4, -0.2) is 17.3 Å². The van der Waals surface area contributed by atoms with Crippen molar-refractivity contribution in [2.24, 2.45) is 0 Å². The third-order valence-corrected chi connectivity index (χ3v) is 2.48. The van der Waals surface area contributed by atoms with Crippen LogP contribution in [0.15, 0.2) is 24.3 Å². The minimum absolute atomic E-state index is 0.113. The number of halogens is 2. The lowest BCUT2D eigenvalue weighted by Crippen LogP contribution is -2.32. The standard InChI is InChI=1S/C11H13BrFNO/c1-8(6-7-12)14-11(15)9-2-4-10(13)5-3-9/h2-5,8H,6-7H2,1H3,(H,14,15). The maximum Gasteiger partial charge on any atom is 0.251 e. The zero-order valence-corrected chi connectivity index (χ0v) is 10.1. The van der Waals surface area contributed by atoms with Crippen LogP contribution in [0.5, 0.6) is 0 Å². The largest absolute Gasteiger partial charge is 0.350 e. The van der Waals surface area contributed by atoms with Gasteiger partial charge in [0.05, 0.1) is 0 Å². The number of hydrogen-bond donors (Lipinski definition) is 1. The van der Waals surface area contributed by atoms with E-state index in [1.807, 2.05) is 6.92 Å². The number of carbonyl (C=O) groups excluding carboxylic acids is 1. The molecule has 0 aromatic heterocycles. The Morgan fingerprint density at radius 3 is 2.60 bits per heavy atom. The Morgan fingerprint density at radius 2 is 2.07 bits per heavy atom. The molecule has 0 aliphatic heterocycles. The number of benzene rings is 1.